The summed E-state index contributed by atoms with van der Waals surface area (Å²) in [7, 11) is 1.81. The van der Waals surface area contributed by atoms with E-state index in [4.69, 9.17) is 22.1 Å². The van der Waals surface area contributed by atoms with Gasteiger partial charge in [-0.3, -0.25) is 14.7 Å². The number of carbonyl (C=O) groups excluding carboxylic acids is 1. The number of primary amides is 1. The molecule has 0 spiro atoms. The highest BCUT2D eigenvalue weighted by Gasteiger charge is 2.26. The fourth-order valence-corrected chi connectivity index (χ4v) is 4.49. The molecule has 7 nitrogen and oxygen atoms in total. The van der Waals surface area contributed by atoms with Crippen LogP contribution in [0, 0.1) is 5.92 Å². The van der Waals surface area contributed by atoms with Crippen LogP contribution in [0.1, 0.15) is 30.9 Å². The topological polar surface area (TPSA) is 83.2 Å². The first-order valence-electron chi connectivity index (χ1n) is 10.4. The van der Waals surface area contributed by atoms with Crippen molar-refractivity contribution in [2.75, 3.05) is 53.0 Å². The molecule has 1 aromatic carbocycles. The standard InChI is InChI=1S/C21H32ClN5O2.HI/c1-24-21(27-7-3-4-16(15-27)12-20(23)28)25-14-19(26-8-10-29-11-9-26)17-5-2-6-18(22)13-17;/h2,5-6,13,16,19H,3-4,7-12,14-15H2,1H3,(H2,23,28)(H,24,25);1H. The number of nitrogens with one attached hydrogen (secondary N) is 1. The molecular weight excluding hydrogens is 517 g/mol. The Hall–Kier alpha value is -1.10. The number of guanidine groups is 1. The summed E-state index contributed by atoms with van der Waals surface area (Å²) >= 11 is 6.26. The van der Waals surface area contributed by atoms with Gasteiger partial charge in [-0.1, -0.05) is 23.7 Å². The van der Waals surface area contributed by atoms with Crippen molar-refractivity contribution in [2.24, 2.45) is 16.6 Å². The Balaban J connectivity index is 0.00000320. The lowest BCUT2D eigenvalue weighted by molar-refractivity contribution is -0.119. The summed E-state index contributed by atoms with van der Waals surface area (Å²) in [6.45, 7) is 5.74. The van der Waals surface area contributed by atoms with E-state index in [1.807, 2.05) is 25.2 Å². The van der Waals surface area contributed by atoms with Crippen LogP contribution in [-0.2, 0) is 9.53 Å². The van der Waals surface area contributed by atoms with Crippen molar-refractivity contribution >= 4 is 47.4 Å². The average molecular weight is 550 g/mol. The van der Waals surface area contributed by atoms with Crippen LogP contribution in [0.5, 0.6) is 0 Å². The van der Waals surface area contributed by atoms with Gasteiger partial charge in [0, 0.05) is 51.2 Å². The van der Waals surface area contributed by atoms with E-state index in [2.05, 4.69) is 26.2 Å². The van der Waals surface area contributed by atoms with E-state index in [0.29, 0.717) is 12.3 Å². The molecule has 2 atom stereocenters. The Morgan fingerprint density at radius 1 is 1.37 bits per heavy atom. The molecule has 2 unspecified atom stereocenters. The van der Waals surface area contributed by atoms with Gasteiger partial charge in [0.2, 0.25) is 5.91 Å². The number of piperidine rings is 1. The van der Waals surface area contributed by atoms with Crippen LogP contribution in [0.2, 0.25) is 5.02 Å². The number of amides is 1. The summed E-state index contributed by atoms with van der Waals surface area (Å²) in [6, 6.07) is 8.25. The van der Waals surface area contributed by atoms with Crippen LogP contribution in [-0.4, -0.2) is 74.7 Å². The molecule has 2 aliphatic rings. The van der Waals surface area contributed by atoms with Gasteiger partial charge in [0.25, 0.3) is 0 Å². The maximum atomic E-state index is 11.3. The zero-order valence-corrected chi connectivity index (χ0v) is 20.6. The van der Waals surface area contributed by atoms with Crippen LogP contribution in [0.3, 0.4) is 0 Å². The predicted molar refractivity (Wildman–Crippen MR) is 131 cm³/mol. The third-order valence-corrected chi connectivity index (χ3v) is 5.93. The van der Waals surface area contributed by atoms with E-state index in [9.17, 15) is 4.79 Å². The number of nitrogens with zero attached hydrogens (tertiary/aromatic N) is 3. The van der Waals surface area contributed by atoms with Gasteiger partial charge in [-0.25, -0.2) is 0 Å². The molecule has 2 saturated heterocycles. The number of benzene rings is 1. The first-order chi connectivity index (χ1) is 14.1. The molecule has 2 heterocycles. The fourth-order valence-electron chi connectivity index (χ4n) is 4.29. The number of hydrogen-bond acceptors (Lipinski definition) is 4. The number of ether oxygens (including phenoxy) is 1. The van der Waals surface area contributed by atoms with Crippen molar-refractivity contribution in [1.29, 1.82) is 0 Å². The van der Waals surface area contributed by atoms with Gasteiger partial charge in [-0.2, -0.15) is 0 Å². The molecular formula is C21H33ClIN5O2. The second-order valence-corrected chi connectivity index (χ2v) is 8.21. The summed E-state index contributed by atoms with van der Waals surface area (Å²) in [5.74, 6) is 0.940. The van der Waals surface area contributed by atoms with Crippen molar-refractivity contribution in [3.05, 3.63) is 34.9 Å². The van der Waals surface area contributed by atoms with E-state index in [-0.39, 0.29) is 35.9 Å². The van der Waals surface area contributed by atoms with Gasteiger partial charge in [0.15, 0.2) is 5.96 Å². The highest BCUT2D eigenvalue weighted by Crippen LogP contribution is 2.24. The lowest BCUT2D eigenvalue weighted by Crippen LogP contribution is -2.50. The van der Waals surface area contributed by atoms with Crippen LogP contribution in [0.4, 0.5) is 0 Å². The highest BCUT2D eigenvalue weighted by atomic mass is 127. The van der Waals surface area contributed by atoms with Gasteiger partial charge >= 0.3 is 0 Å². The van der Waals surface area contributed by atoms with E-state index < -0.39 is 0 Å². The Kier molecular flexibility index (Phi) is 10.6. The van der Waals surface area contributed by atoms with Gasteiger partial charge in [0.05, 0.1) is 19.3 Å². The van der Waals surface area contributed by atoms with Gasteiger partial charge in [0.1, 0.15) is 0 Å². The monoisotopic (exact) mass is 549 g/mol. The molecule has 1 amide bonds. The van der Waals surface area contributed by atoms with Gasteiger partial charge < -0.3 is 20.7 Å². The smallest absolute Gasteiger partial charge is 0.217 e. The molecule has 0 aromatic heterocycles. The summed E-state index contributed by atoms with van der Waals surface area (Å²) in [6.07, 6.45) is 2.52. The lowest BCUT2D eigenvalue weighted by atomic mass is 9.95. The Labute approximate surface area is 201 Å². The summed E-state index contributed by atoms with van der Waals surface area (Å²) in [4.78, 5) is 20.5. The first-order valence-corrected chi connectivity index (χ1v) is 10.8. The lowest BCUT2D eigenvalue weighted by Gasteiger charge is -2.38. The predicted octanol–water partition coefficient (Wildman–Crippen LogP) is 2.49. The van der Waals surface area contributed by atoms with Crippen molar-refractivity contribution in [2.45, 2.75) is 25.3 Å². The maximum absolute atomic E-state index is 11.3. The minimum Gasteiger partial charge on any atom is -0.379 e. The fraction of sp³-hybridized carbons (Fsp3) is 0.619. The molecule has 0 bridgehead atoms. The van der Waals surface area contributed by atoms with E-state index in [0.717, 1.165) is 69.8 Å². The summed E-state index contributed by atoms with van der Waals surface area (Å²) < 4.78 is 5.54. The zero-order chi connectivity index (χ0) is 20.6. The molecule has 30 heavy (non-hydrogen) atoms. The molecule has 0 saturated carbocycles. The molecule has 1 aromatic rings. The zero-order valence-electron chi connectivity index (χ0n) is 17.6. The maximum Gasteiger partial charge on any atom is 0.217 e. The number of morpholine rings is 1. The van der Waals surface area contributed by atoms with Crippen LogP contribution in [0.25, 0.3) is 0 Å². The number of nitrogens with two attached hydrogens (primary N) is 1. The molecule has 3 N–H and O–H groups in total. The number of hydrogen-bond donors (Lipinski definition) is 2. The average Bonchev–Trinajstić information content (AvgIpc) is 2.72. The van der Waals surface area contributed by atoms with Crippen LogP contribution in [0.15, 0.2) is 29.3 Å². The largest absolute Gasteiger partial charge is 0.379 e. The second kappa shape index (κ2) is 12.7. The third kappa shape index (κ3) is 7.25. The summed E-state index contributed by atoms with van der Waals surface area (Å²) in [5, 5.41) is 4.31. The third-order valence-electron chi connectivity index (χ3n) is 5.69. The quantitative estimate of drug-likeness (QED) is 0.324. The van der Waals surface area contributed by atoms with Crippen LogP contribution >= 0.6 is 35.6 Å². The minimum absolute atomic E-state index is 0. The van der Waals surface area contributed by atoms with Crippen molar-refractivity contribution in [3.63, 3.8) is 0 Å². The highest BCUT2D eigenvalue weighted by molar-refractivity contribution is 14.0. The number of likely N-dealkylation sites (tertiary alicyclic amines) is 1. The second-order valence-electron chi connectivity index (χ2n) is 7.77. The van der Waals surface area contributed by atoms with E-state index >= 15 is 0 Å². The van der Waals surface area contributed by atoms with E-state index in [1.165, 1.54) is 5.56 Å². The van der Waals surface area contributed by atoms with Gasteiger partial charge in [-0.15, -0.1) is 24.0 Å². The number of aliphatic imine (C=N–C) groups is 1. The Bertz CT molecular complexity index is 714. The molecule has 2 aliphatic heterocycles. The van der Waals surface area contributed by atoms with Gasteiger partial charge in [-0.05, 0) is 36.5 Å². The first kappa shape index (κ1) is 25.2. The molecule has 0 radical (unpaired) electrons. The van der Waals surface area contributed by atoms with Crippen LogP contribution < -0.4 is 11.1 Å². The minimum atomic E-state index is -0.229. The normalized spacial score (nSPS) is 21.6. The number of carbonyl (C=O) groups is 1. The SMILES string of the molecule is CN=C(NCC(c1cccc(Cl)c1)N1CCOCC1)N1CCCC(CC(N)=O)C1.I. The Morgan fingerprint density at radius 2 is 2.13 bits per heavy atom. The molecule has 168 valence electrons. The molecule has 9 heteroatoms. The van der Waals surface area contributed by atoms with Crippen molar-refractivity contribution in [1.82, 2.24) is 15.1 Å². The summed E-state index contributed by atoms with van der Waals surface area (Å²) in [5.41, 5.74) is 6.59. The molecule has 3 rings (SSSR count). The number of halogens is 2. The molecule has 0 aliphatic carbocycles. The Morgan fingerprint density at radius 3 is 2.80 bits per heavy atom. The molecule has 2 fully saturated rings. The number of rotatable bonds is 6. The van der Waals surface area contributed by atoms with Crippen molar-refractivity contribution in [3.8, 4) is 0 Å². The van der Waals surface area contributed by atoms with E-state index in [1.54, 1.807) is 0 Å². The van der Waals surface area contributed by atoms with Crippen molar-refractivity contribution < 1.29 is 9.53 Å².